The van der Waals surface area contributed by atoms with Gasteiger partial charge in [0.25, 0.3) is 5.91 Å². The number of aryl methyl sites for hydroxylation is 1. The molecule has 0 unspecified atom stereocenters. The molecule has 4 N–H and O–H groups in total. The number of amides is 3. The Morgan fingerprint density at radius 2 is 2.00 bits per heavy atom. The van der Waals surface area contributed by atoms with Crippen molar-refractivity contribution in [2.24, 2.45) is 5.92 Å². The Morgan fingerprint density at radius 3 is 2.70 bits per heavy atom. The summed E-state index contributed by atoms with van der Waals surface area (Å²) >= 11 is 0.470. The van der Waals surface area contributed by atoms with Crippen LogP contribution in [0.2, 0.25) is 0 Å². The Hall–Kier alpha value is -4.47. The molecule has 0 saturated carbocycles. The Balaban J connectivity index is 1.40. The number of aromatic amines is 1. The molecule has 0 spiro atoms. The molecular weight excluding hydrogens is 595 g/mol. The Bertz CT molecular complexity index is 1550. The first-order valence-corrected chi connectivity index (χ1v) is 13.9. The van der Waals surface area contributed by atoms with E-state index in [9.17, 15) is 37.1 Å². The second-order valence-electron chi connectivity index (χ2n) is 9.72. The number of hydrogen-bond donors (Lipinski definition) is 4. The summed E-state index contributed by atoms with van der Waals surface area (Å²) in [7, 11) is 1.49. The van der Waals surface area contributed by atoms with Crippen molar-refractivity contribution >= 4 is 51.7 Å². The molecule has 2 atom stereocenters. The van der Waals surface area contributed by atoms with Gasteiger partial charge in [0.2, 0.25) is 11.8 Å². The molecule has 3 aromatic rings. The molecule has 1 saturated heterocycles. The Labute approximate surface area is 246 Å². The summed E-state index contributed by atoms with van der Waals surface area (Å²) in [6.07, 6.45) is -3.98. The van der Waals surface area contributed by atoms with E-state index in [4.69, 9.17) is 9.47 Å². The van der Waals surface area contributed by atoms with E-state index in [0.29, 0.717) is 47.4 Å². The molecule has 1 fully saturated rings. The lowest BCUT2D eigenvalue weighted by Crippen LogP contribution is -2.49. The molecule has 1 aliphatic rings. The lowest BCUT2D eigenvalue weighted by atomic mass is 9.90. The molecule has 230 valence electrons. The number of carbonyl (C=O) groups excluding carboxylic acids is 5. The van der Waals surface area contributed by atoms with Gasteiger partial charge in [0.15, 0.2) is 18.1 Å². The second kappa shape index (κ2) is 13.2. The van der Waals surface area contributed by atoms with Crippen molar-refractivity contribution in [1.29, 1.82) is 0 Å². The van der Waals surface area contributed by atoms with Crippen LogP contribution in [0.5, 0.6) is 5.75 Å². The van der Waals surface area contributed by atoms with Gasteiger partial charge in [-0.2, -0.15) is 13.2 Å². The fraction of sp³-hybridized carbons (Fsp3) is 0.407. The maximum absolute atomic E-state index is 13.3. The molecule has 1 aromatic carbocycles. The second-order valence-corrected chi connectivity index (χ2v) is 10.9. The molecule has 12 nitrogen and oxygen atoms in total. The molecule has 0 bridgehead atoms. The maximum Gasteiger partial charge on any atom is 0.435 e. The standard InChI is InChI=1S/C27H28F3N5O7S/c1-13-33-23(27(28,29)30)22(43-13)26(40)42-12-19(36)17(9-14-5-4-8-31-24(14)38)35-21(37)11-32-25(39)18-10-15-16(34-18)6-3-7-20(15)41-2/h3,6-7,10,14,17,34H,4-5,8-9,11-12H2,1-2H3,(H,31,38)(H,32,39)(H,35,37)/t14-,17-/m0/s1. The number of H-pyrrole nitrogens is 1. The SMILES string of the molecule is COc1cccc2[nH]c(C(=O)NCC(=O)N[C@@H](C[C@@H]3CCCNC3=O)C(=O)COC(=O)c3sc(C)nc3C(F)(F)F)cc12. The summed E-state index contributed by atoms with van der Waals surface area (Å²) in [6.45, 7) is 0.242. The molecule has 0 aliphatic carbocycles. The summed E-state index contributed by atoms with van der Waals surface area (Å²) in [5.41, 5.74) is -0.627. The number of thiazole rings is 1. The summed E-state index contributed by atoms with van der Waals surface area (Å²) in [6, 6.07) is 5.43. The number of carbonyl (C=O) groups is 5. The number of halogens is 3. The van der Waals surface area contributed by atoms with Crippen molar-refractivity contribution < 1.29 is 46.6 Å². The molecule has 16 heteroatoms. The fourth-order valence-electron chi connectivity index (χ4n) is 4.60. The van der Waals surface area contributed by atoms with Gasteiger partial charge in [-0.1, -0.05) is 6.07 Å². The van der Waals surface area contributed by atoms with E-state index in [0.717, 1.165) is 0 Å². The number of hydrogen-bond acceptors (Lipinski definition) is 9. The number of Topliss-reactive ketones (excluding diaryl/α,β-unsaturated/α-hetero) is 1. The zero-order valence-corrected chi connectivity index (χ0v) is 23.9. The summed E-state index contributed by atoms with van der Waals surface area (Å²) < 4.78 is 49.9. The highest BCUT2D eigenvalue weighted by Gasteiger charge is 2.40. The number of nitrogens with one attached hydrogen (secondary N) is 4. The predicted octanol–water partition coefficient (Wildman–Crippen LogP) is 2.52. The van der Waals surface area contributed by atoms with Crippen molar-refractivity contribution in [3.05, 3.63) is 45.5 Å². The van der Waals surface area contributed by atoms with Crippen molar-refractivity contribution in [2.75, 3.05) is 26.8 Å². The Morgan fingerprint density at radius 1 is 1.23 bits per heavy atom. The number of methoxy groups -OCH3 is 1. The van der Waals surface area contributed by atoms with Crippen molar-refractivity contribution in [1.82, 2.24) is 25.9 Å². The first-order chi connectivity index (χ1) is 20.4. The van der Waals surface area contributed by atoms with Crippen LogP contribution in [0.25, 0.3) is 10.9 Å². The highest BCUT2D eigenvalue weighted by molar-refractivity contribution is 7.13. The molecule has 1 aliphatic heterocycles. The van der Waals surface area contributed by atoms with Gasteiger partial charge in [0.1, 0.15) is 16.3 Å². The largest absolute Gasteiger partial charge is 0.496 e. The third kappa shape index (κ3) is 7.68. The molecule has 3 amide bonds. The average Bonchev–Trinajstić information content (AvgIpc) is 3.59. The number of ketones is 1. The van der Waals surface area contributed by atoms with Gasteiger partial charge in [0, 0.05) is 23.4 Å². The van der Waals surface area contributed by atoms with Crippen molar-refractivity contribution in [3.8, 4) is 5.75 Å². The first-order valence-electron chi connectivity index (χ1n) is 13.1. The smallest absolute Gasteiger partial charge is 0.435 e. The van der Waals surface area contributed by atoms with Crippen LogP contribution in [-0.4, -0.2) is 72.3 Å². The number of alkyl halides is 3. The quantitative estimate of drug-likeness (QED) is 0.236. The fourth-order valence-corrected chi connectivity index (χ4v) is 5.44. The van der Waals surface area contributed by atoms with Gasteiger partial charge < -0.3 is 30.4 Å². The lowest BCUT2D eigenvalue weighted by Gasteiger charge is -2.26. The van der Waals surface area contributed by atoms with Crippen LogP contribution in [0.3, 0.4) is 0 Å². The minimum absolute atomic E-state index is 0.0207. The normalized spacial score (nSPS) is 15.8. The van der Waals surface area contributed by atoms with Crippen LogP contribution < -0.4 is 20.7 Å². The van der Waals surface area contributed by atoms with Crippen molar-refractivity contribution in [2.45, 2.75) is 38.4 Å². The van der Waals surface area contributed by atoms with Crippen LogP contribution in [0, 0.1) is 12.8 Å². The van der Waals surface area contributed by atoms with E-state index in [1.165, 1.54) is 14.0 Å². The molecule has 3 heterocycles. The minimum atomic E-state index is -4.91. The van der Waals surface area contributed by atoms with E-state index < -0.39 is 65.4 Å². The van der Waals surface area contributed by atoms with Gasteiger partial charge in [0.05, 0.1) is 24.7 Å². The van der Waals surface area contributed by atoms with Gasteiger partial charge in [-0.3, -0.25) is 19.2 Å². The highest BCUT2D eigenvalue weighted by Crippen LogP contribution is 2.34. The number of aromatic nitrogens is 2. The average molecular weight is 624 g/mol. The number of fused-ring (bicyclic) bond motifs is 1. The zero-order chi connectivity index (χ0) is 31.3. The van der Waals surface area contributed by atoms with Gasteiger partial charge >= 0.3 is 12.1 Å². The van der Waals surface area contributed by atoms with Crippen LogP contribution in [0.15, 0.2) is 24.3 Å². The van der Waals surface area contributed by atoms with Gasteiger partial charge in [-0.05, 0) is 44.4 Å². The number of rotatable bonds is 11. The molecule has 0 radical (unpaired) electrons. The van der Waals surface area contributed by atoms with E-state index in [1.54, 1.807) is 24.3 Å². The number of benzene rings is 1. The van der Waals surface area contributed by atoms with Crippen LogP contribution >= 0.6 is 11.3 Å². The molecular formula is C27H28F3N5O7S. The molecule has 43 heavy (non-hydrogen) atoms. The van der Waals surface area contributed by atoms with E-state index in [-0.39, 0.29) is 23.0 Å². The van der Waals surface area contributed by atoms with Gasteiger partial charge in [-0.15, -0.1) is 11.3 Å². The predicted molar refractivity (Wildman–Crippen MR) is 147 cm³/mol. The number of ether oxygens (including phenoxy) is 2. The van der Waals surface area contributed by atoms with E-state index >= 15 is 0 Å². The van der Waals surface area contributed by atoms with Gasteiger partial charge in [-0.25, -0.2) is 9.78 Å². The Kier molecular flexibility index (Phi) is 9.68. The van der Waals surface area contributed by atoms with E-state index in [1.807, 2.05) is 0 Å². The first kappa shape index (κ1) is 31.5. The summed E-state index contributed by atoms with van der Waals surface area (Å²) in [4.78, 5) is 68.7. The van der Waals surface area contributed by atoms with E-state index in [2.05, 4.69) is 25.9 Å². The zero-order valence-electron chi connectivity index (χ0n) is 23.1. The lowest BCUT2D eigenvalue weighted by molar-refractivity contribution is -0.141. The number of piperidine rings is 1. The third-order valence-corrected chi connectivity index (χ3v) is 7.63. The number of esters is 1. The topological polar surface area (TPSA) is 169 Å². The highest BCUT2D eigenvalue weighted by atomic mass is 32.1. The van der Waals surface area contributed by atoms with Crippen LogP contribution in [0.1, 0.15) is 50.1 Å². The molecule has 2 aromatic heterocycles. The minimum Gasteiger partial charge on any atom is -0.496 e. The van der Waals surface area contributed by atoms with Crippen LogP contribution in [0.4, 0.5) is 13.2 Å². The van der Waals surface area contributed by atoms with Crippen molar-refractivity contribution in [3.63, 3.8) is 0 Å². The number of nitrogens with zero attached hydrogens (tertiary/aromatic N) is 1. The summed E-state index contributed by atoms with van der Waals surface area (Å²) in [5, 5.41) is 8.19. The summed E-state index contributed by atoms with van der Waals surface area (Å²) in [5.74, 6) is -4.06. The maximum atomic E-state index is 13.3. The molecule has 4 rings (SSSR count). The van der Waals surface area contributed by atoms with Crippen LogP contribution in [-0.2, 0) is 25.3 Å². The third-order valence-electron chi connectivity index (χ3n) is 6.68. The monoisotopic (exact) mass is 623 g/mol.